The van der Waals surface area contributed by atoms with Gasteiger partial charge in [0.1, 0.15) is 0 Å². The number of allylic oxidation sites excluding steroid dienone is 1. The van der Waals surface area contributed by atoms with Crippen LogP contribution in [0.4, 0.5) is 0 Å². The molecule has 1 saturated carbocycles. The topological polar surface area (TPSA) is 40.5 Å². The van der Waals surface area contributed by atoms with E-state index in [1.807, 2.05) is 50.3 Å². The SMILES string of the molecule is C/C=C\c1ccc(OCC(=O)c2cc(C)n(C3CC3)c2C)c(OC)c1. The number of methoxy groups -OCH3 is 1. The van der Waals surface area contributed by atoms with E-state index in [1.165, 1.54) is 12.8 Å². The number of carbonyl (C=O) groups is 1. The number of nitrogens with zero attached hydrogens (tertiary/aromatic N) is 1. The van der Waals surface area contributed by atoms with Crippen LogP contribution < -0.4 is 9.47 Å². The Bertz CT molecular complexity index is 813. The number of benzene rings is 1. The molecule has 0 bridgehead atoms. The number of aryl methyl sites for hydroxylation is 1. The van der Waals surface area contributed by atoms with Gasteiger partial charge in [-0.05, 0) is 57.4 Å². The van der Waals surface area contributed by atoms with E-state index >= 15 is 0 Å². The van der Waals surface area contributed by atoms with Gasteiger partial charge in [0.25, 0.3) is 0 Å². The van der Waals surface area contributed by atoms with E-state index in [0.29, 0.717) is 17.5 Å². The Balaban J connectivity index is 1.73. The zero-order chi connectivity index (χ0) is 18.0. The summed E-state index contributed by atoms with van der Waals surface area (Å²) in [6.45, 7) is 6.05. The standard InChI is InChI=1S/C21H25NO3/c1-5-6-16-7-10-20(21(12-16)24-4)25-13-19(23)18-11-14(2)22(15(18)3)17-8-9-17/h5-7,10-12,17H,8-9,13H2,1-4H3/b6-5-. The first kappa shape index (κ1) is 17.3. The second kappa shape index (κ2) is 7.18. The number of carbonyl (C=O) groups excluding carboxylic acids is 1. The Morgan fingerprint density at radius 1 is 1.24 bits per heavy atom. The number of aromatic nitrogens is 1. The van der Waals surface area contributed by atoms with Crippen molar-refractivity contribution in [3.05, 3.63) is 52.9 Å². The highest BCUT2D eigenvalue weighted by Gasteiger charge is 2.28. The van der Waals surface area contributed by atoms with Crippen LogP contribution in [0.5, 0.6) is 11.5 Å². The molecule has 4 nitrogen and oxygen atoms in total. The van der Waals surface area contributed by atoms with Gasteiger partial charge >= 0.3 is 0 Å². The molecular weight excluding hydrogens is 314 g/mol. The van der Waals surface area contributed by atoms with Gasteiger partial charge in [-0.25, -0.2) is 0 Å². The van der Waals surface area contributed by atoms with Gasteiger partial charge in [0, 0.05) is 23.0 Å². The van der Waals surface area contributed by atoms with Crippen molar-refractivity contribution in [1.82, 2.24) is 4.57 Å². The summed E-state index contributed by atoms with van der Waals surface area (Å²) in [6, 6.07) is 8.24. The molecule has 1 aromatic heterocycles. The lowest BCUT2D eigenvalue weighted by molar-refractivity contribution is 0.0918. The number of rotatable bonds is 7. The number of ether oxygens (including phenoxy) is 2. The maximum Gasteiger partial charge on any atom is 0.202 e. The van der Waals surface area contributed by atoms with E-state index in [0.717, 1.165) is 22.5 Å². The first-order valence-electron chi connectivity index (χ1n) is 8.70. The van der Waals surface area contributed by atoms with Crippen molar-refractivity contribution >= 4 is 11.9 Å². The predicted molar refractivity (Wildman–Crippen MR) is 99.7 cm³/mol. The van der Waals surface area contributed by atoms with Crippen LogP contribution in [0.1, 0.15) is 53.1 Å². The minimum absolute atomic E-state index is 0.000386. The zero-order valence-corrected chi connectivity index (χ0v) is 15.3. The zero-order valence-electron chi connectivity index (χ0n) is 15.3. The Labute approximate surface area is 149 Å². The van der Waals surface area contributed by atoms with Crippen LogP contribution in [0.25, 0.3) is 6.08 Å². The van der Waals surface area contributed by atoms with Crippen molar-refractivity contribution in [2.75, 3.05) is 13.7 Å². The third-order valence-corrected chi connectivity index (χ3v) is 4.60. The smallest absolute Gasteiger partial charge is 0.202 e. The number of ketones is 1. The summed E-state index contributed by atoms with van der Waals surface area (Å²) < 4.78 is 13.4. The second-order valence-corrected chi connectivity index (χ2v) is 6.51. The summed E-state index contributed by atoms with van der Waals surface area (Å²) in [5.41, 5.74) is 3.99. The van der Waals surface area contributed by atoms with Crippen LogP contribution in [0.3, 0.4) is 0 Å². The quantitative estimate of drug-likeness (QED) is 0.684. The maximum atomic E-state index is 12.6. The molecular formula is C21H25NO3. The molecule has 4 heteroatoms. The van der Waals surface area contributed by atoms with Crippen LogP contribution in [-0.4, -0.2) is 24.1 Å². The molecule has 0 amide bonds. The highest BCUT2D eigenvalue weighted by Crippen LogP contribution is 2.38. The predicted octanol–water partition coefficient (Wildman–Crippen LogP) is 4.74. The van der Waals surface area contributed by atoms with Crippen LogP contribution in [-0.2, 0) is 0 Å². The lowest BCUT2D eigenvalue weighted by atomic mass is 10.1. The molecule has 0 unspecified atom stereocenters. The molecule has 1 heterocycles. The summed E-state index contributed by atoms with van der Waals surface area (Å²) in [5.74, 6) is 1.21. The highest BCUT2D eigenvalue weighted by atomic mass is 16.5. The molecule has 0 aliphatic heterocycles. The normalized spacial score (nSPS) is 14.1. The van der Waals surface area contributed by atoms with E-state index in [2.05, 4.69) is 11.5 Å². The number of Topliss-reactive ketones (excluding diaryl/α,β-unsaturated/α-hetero) is 1. The minimum atomic E-state index is -0.000386. The van der Waals surface area contributed by atoms with E-state index in [-0.39, 0.29) is 12.4 Å². The molecule has 132 valence electrons. The van der Waals surface area contributed by atoms with Crippen molar-refractivity contribution in [2.45, 2.75) is 39.7 Å². The van der Waals surface area contributed by atoms with E-state index in [1.54, 1.807) is 7.11 Å². The second-order valence-electron chi connectivity index (χ2n) is 6.51. The van der Waals surface area contributed by atoms with E-state index in [4.69, 9.17) is 9.47 Å². The monoisotopic (exact) mass is 339 g/mol. The Morgan fingerprint density at radius 3 is 2.64 bits per heavy atom. The first-order chi connectivity index (χ1) is 12.0. The van der Waals surface area contributed by atoms with Gasteiger partial charge in [0.05, 0.1) is 7.11 Å². The van der Waals surface area contributed by atoms with Crippen molar-refractivity contribution in [3.8, 4) is 11.5 Å². The van der Waals surface area contributed by atoms with E-state index < -0.39 is 0 Å². The molecule has 1 aliphatic carbocycles. The Hall–Kier alpha value is -2.49. The molecule has 0 atom stereocenters. The molecule has 0 saturated heterocycles. The summed E-state index contributed by atoms with van der Waals surface area (Å²) in [5, 5.41) is 0. The third kappa shape index (κ3) is 3.63. The summed E-state index contributed by atoms with van der Waals surface area (Å²) in [7, 11) is 1.60. The number of hydrogen-bond acceptors (Lipinski definition) is 3. The fourth-order valence-electron chi connectivity index (χ4n) is 3.27. The van der Waals surface area contributed by atoms with Gasteiger partial charge in [0.2, 0.25) is 5.78 Å². The molecule has 1 fully saturated rings. The highest BCUT2D eigenvalue weighted by molar-refractivity contribution is 5.98. The van der Waals surface area contributed by atoms with Crippen LogP contribution >= 0.6 is 0 Å². The van der Waals surface area contributed by atoms with Gasteiger partial charge < -0.3 is 14.0 Å². The molecule has 0 radical (unpaired) electrons. The van der Waals surface area contributed by atoms with Gasteiger partial charge in [-0.2, -0.15) is 0 Å². The largest absolute Gasteiger partial charge is 0.493 e. The van der Waals surface area contributed by atoms with Crippen molar-refractivity contribution in [1.29, 1.82) is 0 Å². The molecule has 1 aliphatic rings. The summed E-state index contributed by atoms with van der Waals surface area (Å²) in [4.78, 5) is 12.6. The first-order valence-corrected chi connectivity index (χ1v) is 8.70. The Kier molecular flexibility index (Phi) is 4.98. The van der Waals surface area contributed by atoms with Gasteiger partial charge in [-0.1, -0.05) is 18.2 Å². The van der Waals surface area contributed by atoms with Crippen molar-refractivity contribution in [3.63, 3.8) is 0 Å². The fraction of sp³-hybridized carbons (Fsp3) is 0.381. The third-order valence-electron chi connectivity index (χ3n) is 4.60. The molecule has 0 N–H and O–H groups in total. The Morgan fingerprint density at radius 2 is 2.00 bits per heavy atom. The van der Waals surface area contributed by atoms with Crippen LogP contribution in [0.15, 0.2) is 30.3 Å². The van der Waals surface area contributed by atoms with Crippen LogP contribution in [0.2, 0.25) is 0 Å². The maximum absolute atomic E-state index is 12.6. The summed E-state index contributed by atoms with van der Waals surface area (Å²) in [6.07, 6.45) is 6.37. The van der Waals surface area contributed by atoms with Gasteiger partial charge in [0.15, 0.2) is 18.1 Å². The van der Waals surface area contributed by atoms with Crippen molar-refractivity contribution < 1.29 is 14.3 Å². The molecule has 2 aromatic rings. The minimum Gasteiger partial charge on any atom is -0.493 e. The average molecular weight is 339 g/mol. The van der Waals surface area contributed by atoms with Crippen molar-refractivity contribution in [2.24, 2.45) is 0 Å². The lowest BCUT2D eigenvalue weighted by Crippen LogP contribution is -2.13. The molecule has 25 heavy (non-hydrogen) atoms. The van der Waals surface area contributed by atoms with Gasteiger partial charge in [-0.15, -0.1) is 0 Å². The molecule has 0 spiro atoms. The lowest BCUT2D eigenvalue weighted by Gasteiger charge is -2.11. The van der Waals surface area contributed by atoms with Gasteiger partial charge in [-0.3, -0.25) is 4.79 Å². The van der Waals surface area contributed by atoms with Crippen LogP contribution in [0, 0.1) is 13.8 Å². The average Bonchev–Trinajstić information content (AvgIpc) is 3.38. The molecule has 1 aromatic carbocycles. The van der Waals surface area contributed by atoms with E-state index in [9.17, 15) is 4.79 Å². The summed E-state index contributed by atoms with van der Waals surface area (Å²) >= 11 is 0. The number of hydrogen-bond donors (Lipinski definition) is 0. The fourth-order valence-corrected chi connectivity index (χ4v) is 3.27. The molecule has 3 rings (SSSR count).